The molecule has 2 aromatic rings. The largest absolute Gasteiger partial charge is 0.376 e. The van der Waals surface area contributed by atoms with E-state index in [1.54, 1.807) is 0 Å². The van der Waals surface area contributed by atoms with Crippen LogP contribution in [-0.4, -0.2) is 47.0 Å². The van der Waals surface area contributed by atoms with Crippen molar-refractivity contribution in [3.05, 3.63) is 39.8 Å². The van der Waals surface area contributed by atoms with Crippen LogP contribution in [0.25, 0.3) is 0 Å². The van der Waals surface area contributed by atoms with Crippen molar-refractivity contribution in [3.8, 4) is 0 Å². The summed E-state index contributed by atoms with van der Waals surface area (Å²) in [4.78, 5) is 24.1. The molecule has 0 radical (unpaired) electrons. The van der Waals surface area contributed by atoms with E-state index in [2.05, 4.69) is 20.8 Å². The van der Waals surface area contributed by atoms with Gasteiger partial charge in [0.1, 0.15) is 5.01 Å². The maximum Gasteiger partial charge on any atom is 0.286 e. The number of ether oxygens (including phenoxy) is 1. The van der Waals surface area contributed by atoms with Crippen molar-refractivity contribution >= 4 is 40.6 Å². The quantitative estimate of drug-likeness (QED) is 0.700. The summed E-state index contributed by atoms with van der Waals surface area (Å²) < 4.78 is 5.47. The van der Waals surface area contributed by atoms with Gasteiger partial charge in [-0.15, -0.1) is 22.0 Å². The monoisotopic (exact) mass is 406 g/mol. The van der Waals surface area contributed by atoms with Crippen LogP contribution in [-0.2, 0) is 15.3 Å². The van der Waals surface area contributed by atoms with E-state index in [9.17, 15) is 9.59 Å². The van der Waals surface area contributed by atoms with Crippen molar-refractivity contribution in [2.24, 2.45) is 0 Å². The zero-order chi connectivity index (χ0) is 19.1. The molecule has 2 amide bonds. The van der Waals surface area contributed by atoms with E-state index in [1.807, 2.05) is 31.2 Å². The molecule has 9 heteroatoms. The van der Waals surface area contributed by atoms with Crippen LogP contribution in [0.5, 0.6) is 0 Å². The summed E-state index contributed by atoms with van der Waals surface area (Å²) >= 11 is 2.69. The van der Waals surface area contributed by atoms with E-state index in [4.69, 9.17) is 4.74 Å². The van der Waals surface area contributed by atoms with E-state index in [0.717, 1.165) is 35.7 Å². The molecule has 2 heterocycles. The number of thioether (sulfide) groups is 1. The van der Waals surface area contributed by atoms with Crippen molar-refractivity contribution in [1.82, 2.24) is 15.5 Å². The van der Waals surface area contributed by atoms with Gasteiger partial charge in [-0.2, -0.15) is 0 Å². The van der Waals surface area contributed by atoms with Gasteiger partial charge >= 0.3 is 0 Å². The average molecular weight is 407 g/mol. The molecule has 27 heavy (non-hydrogen) atoms. The zero-order valence-electron chi connectivity index (χ0n) is 15.1. The van der Waals surface area contributed by atoms with E-state index in [-0.39, 0.29) is 17.9 Å². The van der Waals surface area contributed by atoms with Gasteiger partial charge in [0.2, 0.25) is 10.9 Å². The van der Waals surface area contributed by atoms with E-state index >= 15 is 0 Å². The summed E-state index contributed by atoms with van der Waals surface area (Å²) in [6.45, 7) is 3.34. The second-order valence-electron chi connectivity index (χ2n) is 6.25. The SMILES string of the molecule is Cc1ccc(NC(=O)c2nnc(CSCC(=O)NCC3CCCO3)s2)cc1. The Kier molecular flexibility index (Phi) is 7.19. The van der Waals surface area contributed by atoms with Crippen LogP contribution < -0.4 is 10.6 Å². The molecule has 1 aromatic carbocycles. The Labute approximate surface area is 166 Å². The highest BCUT2D eigenvalue weighted by Gasteiger charge is 2.16. The molecular weight excluding hydrogens is 384 g/mol. The van der Waals surface area contributed by atoms with Crippen LogP contribution in [0.3, 0.4) is 0 Å². The third kappa shape index (κ3) is 6.30. The lowest BCUT2D eigenvalue weighted by molar-refractivity contribution is -0.119. The van der Waals surface area contributed by atoms with Gasteiger partial charge in [-0.3, -0.25) is 9.59 Å². The fourth-order valence-electron chi connectivity index (χ4n) is 2.54. The number of nitrogens with zero attached hydrogens (tertiary/aromatic N) is 2. The number of anilines is 1. The van der Waals surface area contributed by atoms with E-state index in [0.29, 0.717) is 23.1 Å². The Balaban J connectivity index is 1.38. The van der Waals surface area contributed by atoms with E-state index < -0.39 is 0 Å². The number of nitrogens with one attached hydrogen (secondary N) is 2. The van der Waals surface area contributed by atoms with Crippen LogP contribution in [0.2, 0.25) is 0 Å². The van der Waals surface area contributed by atoms with Gasteiger partial charge in [-0.05, 0) is 31.9 Å². The minimum absolute atomic E-state index is 0.0163. The lowest BCUT2D eigenvalue weighted by atomic mass is 10.2. The maximum atomic E-state index is 12.2. The highest BCUT2D eigenvalue weighted by molar-refractivity contribution is 7.99. The first-order valence-electron chi connectivity index (χ1n) is 8.76. The number of carbonyl (C=O) groups is 2. The topological polar surface area (TPSA) is 93.2 Å². The molecule has 7 nitrogen and oxygen atoms in total. The van der Waals surface area contributed by atoms with E-state index in [1.165, 1.54) is 23.1 Å². The molecule has 2 N–H and O–H groups in total. The molecule has 1 fully saturated rings. The molecule has 1 unspecified atom stereocenters. The summed E-state index contributed by atoms with van der Waals surface area (Å²) in [6, 6.07) is 7.56. The number of aromatic nitrogens is 2. The van der Waals surface area contributed by atoms with Gasteiger partial charge in [0.25, 0.3) is 5.91 Å². The normalized spacial score (nSPS) is 16.3. The van der Waals surface area contributed by atoms with Gasteiger partial charge in [0, 0.05) is 24.6 Å². The Morgan fingerprint density at radius 1 is 1.30 bits per heavy atom. The second kappa shape index (κ2) is 9.82. The van der Waals surface area contributed by atoms with Gasteiger partial charge < -0.3 is 15.4 Å². The van der Waals surface area contributed by atoms with Crippen molar-refractivity contribution in [2.75, 3.05) is 24.2 Å². The fraction of sp³-hybridized carbons (Fsp3) is 0.444. The molecule has 0 bridgehead atoms. The number of benzene rings is 1. The van der Waals surface area contributed by atoms with Crippen molar-refractivity contribution < 1.29 is 14.3 Å². The molecule has 1 aliphatic heterocycles. The van der Waals surface area contributed by atoms with Gasteiger partial charge in [0.15, 0.2) is 0 Å². The first kappa shape index (κ1) is 19.8. The molecule has 1 aliphatic rings. The Bertz CT molecular complexity index is 773. The van der Waals surface area contributed by atoms with Gasteiger partial charge in [-0.25, -0.2) is 0 Å². The van der Waals surface area contributed by atoms with Gasteiger partial charge in [-0.1, -0.05) is 29.0 Å². The predicted molar refractivity (Wildman–Crippen MR) is 107 cm³/mol. The molecule has 0 aliphatic carbocycles. The molecule has 1 atom stereocenters. The predicted octanol–water partition coefficient (Wildman–Crippen LogP) is 2.63. The first-order valence-corrected chi connectivity index (χ1v) is 10.7. The number of hydrogen-bond donors (Lipinski definition) is 2. The number of aryl methyl sites for hydroxylation is 1. The maximum absolute atomic E-state index is 12.2. The molecular formula is C18H22N4O3S2. The van der Waals surface area contributed by atoms with Crippen molar-refractivity contribution in [1.29, 1.82) is 0 Å². The molecule has 3 rings (SSSR count). The fourth-order valence-corrected chi connectivity index (χ4v) is 4.18. The van der Waals surface area contributed by atoms with Crippen molar-refractivity contribution in [2.45, 2.75) is 31.6 Å². The minimum atomic E-state index is -0.276. The molecule has 0 spiro atoms. The summed E-state index contributed by atoms with van der Waals surface area (Å²) in [7, 11) is 0. The Hall–Kier alpha value is -1.97. The number of carbonyl (C=O) groups excluding carboxylic acids is 2. The van der Waals surface area contributed by atoms with Crippen LogP contribution in [0, 0.1) is 6.92 Å². The Morgan fingerprint density at radius 3 is 2.85 bits per heavy atom. The average Bonchev–Trinajstić information content (AvgIpc) is 3.34. The van der Waals surface area contributed by atoms with Crippen LogP contribution >= 0.6 is 23.1 Å². The number of amides is 2. The zero-order valence-corrected chi connectivity index (χ0v) is 16.7. The molecule has 0 saturated carbocycles. The molecule has 1 saturated heterocycles. The Morgan fingerprint density at radius 2 is 2.11 bits per heavy atom. The number of hydrogen-bond acceptors (Lipinski definition) is 7. The van der Waals surface area contributed by atoms with Gasteiger partial charge in [0.05, 0.1) is 11.9 Å². The molecule has 1 aromatic heterocycles. The summed E-state index contributed by atoms with van der Waals surface area (Å²) in [5.74, 6) is 0.597. The van der Waals surface area contributed by atoms with Crippen LogP contribution in [0.4, 0.5) is 5.69 Å². The van der Waals surface area contributed by atoms with Crippen molar-refractivity contribution in [3.63, 3.8) is 0 Å². The minimum Gasteiger partial charge on any atom is -0.376 e. The van der Waals surface area contributed by atoms with Crippen LogP contribution in [0.15, 0.2) is 24.3 Å². The molecule has 144 valence electrons. The lowest BCUT2D eigenvalue weighted by Crippen LogP contribution is -2.32. The third-order valence-corrected chi connectivity index (χ3v) is 6.03. The summed E-state index contributed by atoms with van der Waals surface area (Å²) in [5.41, 5.74) is 1.85. The number of rotatable bonds is 8. The first-order chi connectivity index (χ1) is 13.1. The highest BCUT2D eigenvalue weighted by Crippen LogP contribution is 2.18. The standard InChI is InChI=1S/C18H22N4O3S2/c1-12-4-6-13(7-5-12)20-17(24)18-22-21-16(27-18)11-26-10-15(23)19-9-14-3-2-8-25-14/h4-7,14H,2-3,8-11H2,1H3,(H,19,23)(H,20,24). The third-order valence-electron chi connectivity index (χ3n) is 3.98. The second-order valence-corrected chi connectivity index (χ2v) is 8.30. The lowest BCUT2D eigenvalue weighted by Gasteiger charge is -2.10. The summed E-state index contributed by atoms with van der Waals surface area (Å²) in [5, 5.41) is 14.7. The highest BCUT2D eigenvalue weighted by atomic mass is 32.2. The summed E-state index contributed by atoms with van der Waals surface area (Å²) in [6.07, 6.45) is 2.22. The van der Waals surface area contributed by atoms with Crippen LogP contribution in [0.1, 0.15) is 33.2 Å². The smallest absolute Gasteiger partial charge is 0.286 e.